The van der Waals surface area contributed by atoms with Crippen LogP contribution in [0.15, 0.2) is 58.4 Å². The number of likely N-dealkylation sites (tertiary alicyclic amines) is 1. The van der Waals surface area contributed by atoms with Crippen LogP contribution in [0, 0.1) is 0 Å². The molecule has 0 saturated carbocycles. The summed E-state index contributed by atoms with van der Waals surface area (Å²) in [6, 6.07) is 15.6. The van der Waals surface area contributed by atoms with Gasteiger partial charge < -0.3 is 19.7 Å². The van der Waals surface area contributed by atoms with E-state index in [2.05, 4.69) is 29.3 Å². The van der Waals surface area contributed by atoms with E-state index in [4.69, 9.17) is 14.5 Å². The van der Waals surface area contributed by atoms with Crippen LogP contribution in [-0.4, -0.2) is 61.2 Å². The Bertz CT molecular complexity index is 857. The lowest BCUT2D eigenvalue weighted by Crippen LogP contribution is -2.40. The predicted molar refractivity (Wildman–Crippen MR) is 138 cm³/mol. The molecular weight excluding hydrogens is 525 g/mol. The van der Waals surface area contributed by atoms with Crippen molar-refractivity contribution in [2.24, 2.45) is 4.99 Å². The normalized spacial score (nSPS) is 17.1. The molecule has 1 saturated heterocycles. The van der Waals surface area contributed by atoms with E-state index in [9.17, 15) is 4.21 Å². The molecule has 0 spiro atoms. The minimum Gasteiger partial charge on any atom is -0.497 e. The van der Waals surface area contributed by atoms with Crippen molar-refractivity contribution in [1.29, 1.82) is 0 Å². The molecule has 2 aromatic carbocycles. The maximum absolute atomic E-state index is 12.4. The summed E-state index contributed by atoms with van der Waals surface area (Å²) in [7, 11) is 2.32. The van der Waals surface area contributed by atoms with Gasteiger partial charge in [-0.05, 0) is 43.2 Å². The van der Waals surface area contributed by atoms with Crippen molar-refractivity contribution in [3.63, 3.8) is 0 Å². The number of benzene rings is 2. The average Bonchev–Trinajstić information content (AvgIpc) is 3.29. The fraction of sp³-hybridized carbons (Fsp3) is 0.435. The second kappa shape index (κ2) is 12.9. The molecule has 2 aromatic rings. The van der Waals surface area contributed by atoms with E-state index < -0.39 is 10.8 Å². The van der Waals surface area contributed by atoms with Crippen molar-refractivity contribution in [2.75, 3.05) is 46.2 Å². The van der Waals surface area contributed by atoms with Gasteiger partial charge in [-0.2, -0.15) is 0 Å². The van der Waals surface area contributed by atoms with Crippen molar-refractivity contribution in [3.05, 3.63) is 54.1 Å². The molecule has 0 aliphatic carbocycles. The zero-order valence-electron chi connectivity index (χ0n) is 18.4. The van der Waals surface area contributed by atoms with Gasteiger partial charge in [-0.15, -0.1) is 24.0 Å². The second-order valence-corrected chi connectivity index (χ2v) is 8.75. The summed E-state index contributed by atoms with van der Waals surface area (Å²) >= 11 is 0. The number of methoxy groups -OCH3 is 2. The van der Waals surface area contributed by atoms with Crippen LogP contribution in [0.4, 0.5) is 0 Å². The molecule has 0 aromatic heterocycles. The zero-order chi connectivity index (χ0) is 21.3. The smallest absolute Gasteiger partial charge is 0.193 e. The molecule has 1 N–H and O–H groups in total. The first-order valence-electron chi connectivity index (χ1n) is 10.3. The molecule has 3 rings (SSSR count). The van der Waals surface area contributed by atoms with Gasteiger partial charge in [0.25, 0.3) is 0 Å². The first-order chi connectivity index (χ1) is 14.6. The molecule has 0 bridgehead atoms. The highest BCUT2D eigenvalue weighted by atomic mass is 127. The Morgan fingerprint density at radius 3 is 2.45 bits per heavy atom. The summed E-state index contributed by atoms with van der Waals surface area (Å²) in [6.07, 6.45) is 1.04. The standard InChI is InChI=1S/C23H31N3O3S.HI/c1-4-24-23(25-11-13-30(27)22-8-6-5-7-9-22)26-12-10-18(17-26)19-14-20(28-2)16-21(15-19)29-3;/h5-9,14-16,18H,4,10-13,17H2,1-3H3,(H,24,25);1H. The topological polar surface area (TPSA) is 63.2 Å². The number of hydrogen-bond donors (Lipinski definition) is 1. The van der Waals surface area contributed by atoms with Gasteiger partial charge in [0.05, 0.1) is 31.6 Å². The summed E-state index contributed by atoms with van der Waals surface area (Å²) in [6.45, 7) is 5.20. The Labute approximate surface area is 204 Å². The van der Waals surface area contributed by atoms with Crippen LogP contribution in [0.2, 0.25) is 0 Å². The summed E-state index contributed by atoms with van der Waals surface area (Å²) in [5, 5.41) is 3.38. The van der Waals surface area contributed by atoms with Gasteiger partial charge in [0, 0.05) is 42.3 Å². The van der Waals surface area contributed by atoms with E-state index >= 15 is 0 Å². The molecule has 2 atom stereocenters. The number of guanidine groups is 1. The third-order valence-electron chi connectivity index (χ3n) is 5.21. The molecule has 1 aliphatic heterocycles. The number of rotatable bonds is 8. The lowest BCUT2D eigenvalue weighted by Gasteiger charge is -2.22. The molecule has 2 unspecified atom stereocenters. The van der Waals surface area contributed by atoms with Gasteiger partial charge in [-0.25, -0.2) is 0 Å². The third kappa shape index (κ3) is 7.10. The van der Waals surface area contributed by atoms with E-state index in [1.165, 1.54) is 5.56 Å². The number of ether oxygens (including phenoxy) is 2. The Morgan fingerprint density at radius 1 is 1.16 bits per heavy atom. The van der Waals surface area contributed by atoms with E-state index in [0.717, 1.165) is 48.4 Å². The highest BCUT2D eigenvalue weighted by Crippen LogP contribution is 2.32. The minimum absolute atomic E-state index is 0. The van der Waals surface area contributed by atoms with Crippen molar-refractivity contribution in [2.45, 2.75) is 24.2 Å². The van der Waals surface area contributed by atoms with Gasteiger partial charge in [0.2, 0.25) is 0 Å². The lowest BCUT2D eigenvalue weighted by molar-refractivity contribution is 0.392. The van der Waals surface area contributed by atoms with Gasteiger partial charge in [0.15, 0.2) is 5.96 Å². The fourth-order valence-electron chi connectivity index (χ4n) is 3.64. The van der Waals surface area contributed by atoms with Crippen molar-refractivity contribution in [3.8, 4) is 11.5 Å². The Hall–Kier alpha value is -1.81. The number of nitrogens with one attached hydrogen (secondary N) is 1. The Morgan fingerprint density at radius 2 is 1.84 bits per heavy atom. The van der Waals surface area contributed by atoms with Crippen LogP contribution < -0.4 is 14.8 Å². The first-order valence-corrected chi connectivity index (χ1v) is 11.7. The van der Waals surface area contributed by atoms with Crippen LogP contribution in [-0.2, 0) is 10.8 Å². The van der Waals surface area contributed by atoms with Crippen molar-refractivity contribution in [1.82, 2.24) is 10.2 Å². The molecule has 0 amide bonds. The van der Waals surface area contributed by atoms with Gasteiger partial charge in [-0.1, -0.05) is 18.2 Å². The number of hydrogen-bond acceptors (Lipinski definition) is 4. The van der Waals surface area contributed by atoms with E-state index in [1.807, 2.05) is 36.4 Å². The van der Waals surface area contributed by atoms with Crippen LogP contribution in [0.1, 0.15) is 24.8 Å². The second-order valence-electron chi connectivity index (χ2n) is 7.18. The average molecular weight is 557 g/mol. The third-order valence-corrected chi connectivity index (χ3v) is 6.56. The van der Waals surface area contributed by atoms with Crippen LogP contribution in [0.5, 0.6) is 11.5 Å². The fourth-order valence-corrected chi connectivity index (χ4v) is 4.59. The quantitative estimate of drug-likeness (QED) is 0.303. The molecule has 1 fully saturated rings. The van der Waals surface area contributed by atoms with Gasteiger partial charge >= 0.3 is 0 Å². The molecule has 31 heavy (non-hydrogen) atoms. The summed E-state index contributed by atoms with van der Waals surface area (Å²) in [5.74, 6) is 3.42. The van der Waals surface area contributed by atoms with Crippen LogP contribution in [0.3, 0.4) is 0 Å². The molecule has 1 aliphatic rings. The number of nitrogens with zero attached hydrogens (tertiary/aromatic N) is 2. The first kappa shape index (κ1) is 25.5. The van der Waals surface area contributed by atoms with Crippen LogP contribution in [0.25, 0.3) is 0 Å². The van der Waals surface area contributed by atoms with Gasteiger partial charge in [0.1, 0.15) is 11.5 Å². The Kier molecular flexibility index (Phi) is 10.6. The molecule has 6 nitrogen and oxygen atoms in total. The Balaban J connectivity index is 0.00000341. The summed E-state index contributed by atoms with van der Waals surface area (Å²) in [4.78, 5) is 7.88. The molecule has 0 radical (unpaired) electrons. The molecule has 8 heteroatoms. The van der Waals surface area contributed by atoms with E-state index in [0.29, 0.717) is 18.2 Å². The highest BCUT2D eigenvalue weighted by molar-refractivity contribution is 14.0. The van der Waals surface area contributed by atoms with E-state index in [-0.39, 0.29) is 24.0 Å². The summed E-state index contributed by atoms with van der Waals surface area (Å²) in [5.41, 5.74) is 1.22. The van der Waals surface area contributed by atoms with Crippen LogP contribution >= 0.6 is 24.0 Å². The van der Waals surface area contributed by atoms with E-state index in [1.54, 1.807) is 14.2 Å². The molecule has 170 valence electrons. The lowest BCUT2D eigenvalue weighted by atomic mass is 9.98. The molecule has 1 heterocycles. The summed E-state index contributed by atoms with van der Waals surface area (Å²) < 4.78 is 23.3. The zero-order valence-corrected chi connectivity index (χ0v) is 21.5. The number of aliphatic imine (C=N–C) groups is 1. The predicted octanol–water partition coefficient (Wildman–Crippen LogP) is 3.88. The van der Waals surface area contributed by atoms with Crippen molar-refractivity contribution < 1.29 is 13.7 Å². The monoisotopic (exact) mass is 557 g/mol. The molecular formula is C23H32IN3O3S. The largest absolute Gasteiger partial charge is 0.497 e. The number of halogens is 1. The maximum atomic E-state index is 12.4. The highest BCUT2D eigenvalue weighted by Gasteiger charge is 2.27. The van der Waals surface area contributed by atoms with Crippen molar-refractivity contribution >= 4 is 40.7 Å². The SMILES string of the molecule is CCNC(=NCCS(=O)c1ccccc1)N1CCC(c2cc(OC)cc(OC)c2)C1.I. The van der Waals surface area contributed by atoms with Gasteiger partial charge in [-0.3, -0.25) is 9.20 Å². The minimum atomic E-state index is -1.03. The maximum Gasteiger partial charge on any atom is 0.193 e.